The van der Waals surface area contributed by atoms with E-state index < -0.39 is 10.0 Å². The lowest BCUT2D eigenvalue weighted by atomic mass is 10.1. The van der Waals surface area contributed by atoms with Gasteiger partial charge in [0.15, 0.2) is 0 Å². The lowest BCUT2D eigenvalue weighted by Gasteiger charge is -2.17. The summed E-state index contributed by atoms with van der Waals surface area (Å²) in [6.45, 7) is 4.50. The molecule has 6 heteroatoms. The van der Waals surface area contributed by atoms with Crippen LogP contribution in [0.15, 0.2) is 53.4 Å². The number of sulfonamides is 1. The minimum atomic E-state index is -3.57. The van der Waals surface area contributed by atoms with E-state index in [4.69, 9.17) is 0 Å². The van der Waals surface area contributed by atoms with E-state index in [1.165, 1.54) is 0 Å². The zero-order valence-electron chi connectivity index (χ0n) is 14.4. The molecule has 1 saturated heterocycles. The van der Waals surface area contributed by atoms with Crippen molar-refractivity contribution in [1.29, 1.82) is 0 Å². The third kappa shape index (κ3) is 3.91. The predicted molar refractivity (Wildman–Crippen MR) is 98.0 cm³/mol. The second-order valence-electron chi connectivity index (χ2n) is 6.53. The van der Waals surface area contributed by atoms with Crippen LogP contribution in [0.25, 0.3) is 0 Å². The summed E-state index contributed by atoms with van der Waals surface area (Å²) in [7, 11) is -3.57. The van der Waals surface area contributed by atoms with Crippen LogP contribution < -0.4 is 9.62 Å². The van der Waals surface area contributed by atoms with Crippen LogP contribution in [0.4, 0.5) is 5.69 Å². The molecule has 25 heavy (non-hydrogen) atoms. The molecule has 1 amide bonds. The third-order valence-electron chi connectivity index (χ3n) is 4.45. The summed E-state index contributed by atoms with van der Waals surface area (Å²) in [6, 6.07) is 14.7. The molecule has 1 N–H and O–H groups in total. The molecule has 1 heterocycles. The van der Waals surface area contributed by atoms with Crippen molar-refractivity contribution < 1.29 is 13.2 Å². The number of para-hydroxylation sites is 1. The highest BCUT2D eigenvalue weighted by atomic mass is 32.2. The van der Waals surface area contributed by atoms with Crippen LogP contribution in [0.2, 0.25) is 0 Å². The lowest BCUT2D eigenvalue weighted by Crippen LogP contribution is -2.31. The smallest absolute Gasteiger partial charge is 0.240 e. The van der Waals surface area contributed by atoms with Crippen molar-refractivity contribution in [2.75, 3.05) is 18.0 Å². The zero-order chi connectivity index (χ0) is 18.0. The molecular formula is C19H22N2O3S. The van der Waals surface area contributed by atoms with Crippen LogP contribution in [-0.4, -0.2) is 27.4 Å². The molecule has 2 aromatic carbocycles. The van der Waals surface area contributed by atoms with Crippen molar-refractivity contribution in [2.45, 2.75) is 25.2 Å². The summed E-state index contributed by atoms with van der Waals surface area (Å²) >= 11 is 0. The molecule has 0 unspecified atom stereocenters. The van der Waals surface area contributed by atoms with E-state index in [1.807, 2.05) is 43.3 Å². The van der Waals surface area contributed by atoms with Gasteiger partial charge in [-0.15, -0.1) is 0 Å². The monoisotopic (exact) mass is 358 g/mol. The van der Waals surface area contributed by atoms with Crippen LogP contribution >= 0.6 is 0 Å². The Labute approximate surface area is 148 Å². The van der Waals surface area contributed by atoms with Gasteiger partial charge in [0.25, 0.3) is 0 Å². The summed E-state index contributed by atoms with van der Waals surface area (Å²) in [5.74, 6) is -0.00449. The van der Waals surface area contributed by atoms with Crippen molar-refractivity contribution in [3.05, 3.63) is 59.7 Å². The van der Waals surface area contributed by atoms with E-state index in [2.05, 4.69) is 4.72 Å². The van der Waals surface area contributed by atoms with Crippen LogP contribution in [0.5, 0.6) is 0 Å². The number of nitrogens with zero attached hydrogens (tertiary/aromatic N) is 1. The van der Waals surface area contributed by atoms with E-state index in [9.17, 15) is 13.2 Å². The number of carbonyl (C=O) groups is 1. The highest BCUT2D eigenvalue weighted by Crippen LogP contribution is 2.25. The van der Waals surface area contributed by atoms with Crippen LogP contribution in [0.3, 0.4) is 0 Å². The second kappa shape index (κ2) is 6.98. The normalized spacial score (nSPS) is 17.9. The van der Waals surface area contributed by atoms with Crippen LogP contribution in [-0.2, 0) is 14.8 Å². The number of rotatable bonds is 5. The Morgan fingerprint density at radius 1 is 1.12 bits per heavy atom. The molecule has 132 valence electrons. The van der Waals surface area contributed by atoms with Gasteiger partial charge in [-0.1, -0.05) is 35.9 Å². The molecule has 0 saturated carbocycles. The Kier molecular flexibility index (Phi) is 4.92. The van der Waals surface area contributed by atoms with Crippen molar-refractivity contribution in [1.82, 2.24) is 4.72 Å². The molecule has 0 radical (unpaired) electrons. The average Bonchev–Trinajstić information content (AvgIpc) is 2.94. The predicted octanol–water partition coefficient (Wildman–Crippen LogP) is 2.63. The molecular weight excluding hydrogens is 336 g/mol. The van der Waals surface area contributed by atoms with Crippen molar-refractivity contribution in [3.63, 3.8) is 0 Å². The molecule has 0 aliphatic carbocycles. The molecule has 1 aliphatic heterocycles. The van der Waals surface area contributed by atoms with Gasteiger partial charge in [-0.3, -0.25) is 4.79 Å². The molecule has 1 atom stereocenters. The first-order valence-electron chi connectivity index (χ1n) is 8.29. The summed E-state index contributed by atoms with van der Waals surface area (Å²) in [5, 5.41) is 0. The summed E-state index contributed by atoms with van der Waals surface area (Å²) in [5.41, 5.74) is 2.60. The number of anilines is 1. The Hall–Kier alpha value is -2.18. The first-order chi connectivity index (χ1) is 11.9. The molecule has 2 aromatic rings. The number of carbonyl (C=O) groups excluding carboxylic acids is 1. The Morgan fingerprint density at radius 2 is 1.84 bits per heavy atom. The molecule has 1 fully saturated rings. The first kappa shape index (κ1) is 17.6. The fraction of sp³-hybridized carbons (Fsp3) is 0.316. The maximum absolute atomic E-state index is 12.5. The van der Waals surface area contributed by atoms with Crippen LogP contribution in [0, 0.1) is 19.8 Å². The van der Waals surface area contributed by atoms with Crippen LogP contribution in [0.1, 0.15) is 17.5 Å². The Balaban J connectivity index is 1.67. The van der Waals surface area contributed by atoms with Crippen molar-refractivity contribution in [2.24, 2.45) is 5.92 Å². The molecule has 3 rings (SSSR count). The fourth-order valence-electron chi connectivity index (χ4n) is 3.18. The van der Waals surface area contributed by atoms with Gasteiger partial charge in [-0.2, -0.15) is 0 Å². The van der Waals surface area contributed by atoms with Gasteiger partial charge >= 0.3 is 0 Å². The Morgan fingerprint density at radius 3 is 2.52 bits per heavy atom. The van der Waals surface area contributed by atoms with Gasteiger partial charge in [0.1, 0.15) is 0 Å². The highest BCUT2D eigenvalue weighted by Gasteiger charge is 2.31. The fourth-order valence-corrected chi connectivity index (χ4v) is 4.52. The van der Waals surface area contributed by atoms with E-state index in [-0.39, 0.29) is 18.4 Å². The van der Waals surface area contributed by atoms with E-state index in [0.717, 1.165) is 16.8 Å². The summed E-state index contributed by atoms with van der Waals surface area (Å²) < 4.78 is 27.8. The van der Waals surface area contributed by atoms with Gasteiger partial charge in [0, 0.05) is 25.2 Å². The van der Waals surface area contributed by atoms with E-state index in [0.29, 0.717) is 17.9 Å². The highest BCUT2D eigenvalue weighted by molar-refractivity contribution is 7.89. The minimum absolute atomic E-state index is 0.0296. The standard InChI is InChI=1S/C19H22N2O3S/c1-14-8-9-18(15(2)10-14)25(23,24)20-12-16-11-19(22)21(13-16)17-6-4-3-5-7-17/h3-10,16,20H,11-13H2,1-2H3/t16-/m1/s1. The van der Waals surface area contributed by atoms with Crippen molar-refractivity contribution in [3.8, 4) is 0 Å². The molecule has 0 bridgehead atoms. The number of hydrogen-bond donors (Lipinski definition) is 1. The van der Waals surface area contributed by atoms with E-state index >= 15 is 0 Å². The number of nitrogens with one attached hydrogen (secondary N) is 1. The quantitative estimate of drug-likeness (QED) is 0.893. The average molecular weight is 358 g/mol. The largest absolute Gasteiger partial charge is 0.312 e. The maximum atomic E-state index is 12.5. The molecule has 1 aliphatic rings. The molecule has 0 aromatic heterocycles. The number of amides is 1. The van der Waals surface area contributed by atoms with Gasteiger partial charge in [0.2, 0.25) is 15.9 Å². The SMILES string of the molecule is Cc1ccc(S(=O)(=O)NC[C@H]2CC(=O)N(c3ccccc3)C2)c(C)c1. The number of hydrogen-bond acceptors (Lipinski definition) is 3. The summed E-state index contributed by atoms with van der Waals surface area (Å²) in [6.07, 6.45) is 0.351. The van der Waals surface area contributed by atoms with Crippen molar-refractivity contribution >= 4 is 21.6 Å². The third-order valence-corrected chi connectivity index (χ3v) is 6.04. The Bertz CT molecular complexity index is 879. The first-order valence-corrected chi connectivity index (χ1v) is 9.77. The summed E-state index contributed by atoms with van der Waals surface area (Å²) in [4.78, 5) is 14.2. The minimum Gasteiger partial charge on any atom is -0.312 e. The van der Waals surface area contributed by atoms with Gasteiger partial charge < -0.3 is 4.90 Å². The van der Waals surface area contributed by atoms with Gasteiger partial charge in [0.05, 0.1) is 4.90 Å². The van der Waals surface area contributed by atoms with Gasteiger partial charge in [-0.05, 0) is 43.5 Å². The zero-order valence-corrected chi connectivity index (χ0v) is 15.2. The second-order valence-corrected chi connectivity index (χ2v) is 8.27. The van der Waals surface area contributed by atoms with Gasteiger partial charge in [-0.25, -0.2) is 13.1 Å². The topological polar surface area (TPSA) is 66.5 Å². The molecule has 5 nitrogen and oxygen atoms in total. The maximum Gasteiger partial charge on any atom is 0.240 e. The number of aryl methyl sites for hydroxylation is 2. The van der Waals surface area contributed by atoms with E-state index in [1.54, 1.807) is 24.0 Å². The lowest BCUT2D eigenvalue weighted by molar-refractivity contribution is -0.117. The molecule has 0 spiro atoms. The number of benzene rings is 2.